The van der Waals surface area contributed by atoms with Crippen molar-refractivity contribution in [3.8, 4) is 0 Å². The van der Waals surface area contributed by atoms with E-state index in [0.29, 0.717) is 0 Å². The fourth-order valence-electron chi connectivity index (χ4n) is 3.42. The van der Waals surface area contributed by atoms with Crippen LogP contribution in [-0.4, -0.2) is 30.7 Å². The minimum absolute atomic E-state index is 0.847. The van der Waals surface area contributed by atoms with Crippen molar-refractivity contribution in [1.29, 1.82) is 0 Å². The van der Waals surface area contributed by atoms with E-state index < -0.39 is 0 Å². The van der Waals surface area contributed by atoms with Crippen molar-refractivity contribution < 1.29 is 4.48 Å². The molecular weight excluding hydrogens is 194 g/mol. The Balaban J connectivity index is 2.66. The molecule has 0 unspecified atom stereocenters. The molecule has 16 heavy (non-hydrogen) atoms. The van der Waals surface area contributed by atoms with Gasteiger partial charge < -0.3 is 4.48 Å². The van der Waals surface area contributed by atoms with Gasteiger partial charge in [-0.1, -0.05) is 27.7 Å². The Bertz CT molecular complexity index is 185. The predicted molar refractivity (Wildman–Crippen MR) is 72.4 cm³/mol. The predicted octanol–water partition coefficient (Wildman–Crippen LogP) is 4.08. The maximum absolute atomic E-state index is 2.47. The fourth-order valence-corrected chi connectivity index (χ4v) is 3.42. The summed E-state index contributed by atoms with van der Waals surface area (Å²) < 4.78 is 1.27. The zero-order valence-electron chi connectivity index (χ0n) is 12.3. The molecule has 1 fully saturated rings. The van der Waals surface area contributed by atoms with Crippen molar-refractivity contribution in [2.24, 2.45) is 11.8 Å². The molecule has 0 aromatic rings. The van der Waals surface area contributed by atoms with Crippen LogP contribution >= 0.6 is 0 Å². The highest BCUT2D eigenvalue weighted by Crippen LogP contribution is 2.34. The van der Waals surface area contributed by atoms with Gasteiger partial charge in [-0.3, -0.25) is 0 Å². The van der Waals surface area contributed by atoms with E-state index in [1.807, 2.05) is 0 Å². The molecule has 0 aromatic heterocycles. The van der Waals surface area contributed by atoms with Gasteiger partial charge in [-0.15, -0.1) is 0 Å². The summed E-state index contributed by atoms with van der Waals surface area (Å²) in [7, 11) is 4.94. The Morgan fingerprint density at radius 2 is 1.25 bits per heavy atom. The minimum atomic E-state index is 0.847. The number of rotatable bonds is 4. The second kappa shape index (κ2) is 5.53. The average Bonchev–Trinajstić information content (AvgIpc) is 2.11. The smallest absolute Gasteiger partial charge is 0.0890 e. The summed E-state index contributed by atoms with van der Waals surface area (Å²) in [6.07, 6.45) is 7.15. The first-order chi connectivity index (χ1) is 7.34. The van der Waals surface area contributed by atoms with Crippen molar-refractivity contribution in [3.05, 3.63) is 0 Å². The second-order valence-corrected chi connectivity index (χ2v) is 7.13. The van der Waals surface area contributed by atoms with Crippen LogP contribution in [0.3, 0.4) is 0 Å². The number of quaternary nitrogens is 1. The van der Waals surface area contributed by atoms with Crippen molar-refractivity contribution in [3.63, 3.8) is 0 Å². The molecule has 0 amide bonds. The largest absolute Gasteiger partial charge is 0.324 e. The van der Waals surface area contributed by atoms with Crippen LogP contribution in [0.5, 0.6) is 0 Å². The molecule has 0 saturated carbocycles. The van der Waals surface area contributed by atoms with Crippen LogP contribution in [0.25, 0.3) is 0 Å². The number of likely N-dealkylation sites (tertiary alicyclic amines) is 1. The number of hydrogen-bond acceptors (Lipinski definition) is 0. The average molecular weight is 226 g/mol. The van der Waals surface area contributed by atoms with Crippen LogP contribution in [0.4, 0.5) is 0 Å². The Morgan fingerprint density at radius 3 is 1.56 bits per heavy atom. The molecule has 1 saturated heterocycles. The van der Waals surface area contributed by atoms with Gasteiger partial charge in [-0.2, -0.15) is 0 Å². The first-order valence-electron chi connectivity index (χ1n) is 7.17. The standard InChI is InChI=1S/C15H32N/c1-12(2)10-14-8-7-9-15(11-13(3)4)16(14,5)6/h12-15H,7-11H2,1-6H3/q+1/t14-,15-/m1/s1. The zero-order valence-corrected chi connectivity index (χ0v) is 12.3. The Labute approximate surface area is 103 Å². The topological polar surface area (TPSA) is 0 Å². The summed E-state index contributed by atoms with van der Waals surface area (Å²) in [6.45, 7) is 9.47. The van der Waals surface area contributed by atoms with Gasteiger partial charge >= 0.3 is 0 Å². The summed E-state index contributed by atoms with van der Waals surface area (Å²) in [6, 6.07) is 1.80. The van der Waals surface area contributed by atoms with Gasteiger partial charge in [0.15, 0.2) is 0 Å². The van der Waals surface area contributed by atoms with E-state index in [0.717, 1.165) is 23.9 Å². The molecule has 1 heteroatoms. The summed E-state index contributed by atoms with van der Waals surface area (Å²) in [5.74, 6) is 1.69. The van der Waals surface area contributed by atoms with Crippen molar-refractivity contribution in [2.75, 3.05) is 14.1 Å². The molecule has 1 nitrogen and oxygen atoms in total. The lowest BCUT2D eigenvalue weighted by Crippen LogP contribution is -2.58. The van der Waals surface area contributed by atoms with Crippen molar-refractivity contribution >= 4 is 0 Å². The molecule has 0 N–H and O–H groups in total. The highest BCUT2D eigenvalue weighted by molar-refractivity contribution is 4.74. The fraction of sp³-hybridized carbons (Fsp3) is 1.00. The van der Waals surface area contributed by atoms with E-state index in [9.17, 15) is 0 Å². The van der Waals surface area contributed by atoms with E-state index in [4.69, 9.17) is 0 Å². The number of piperidine rings is 1. The molecular formula is C15H32N+. The molecule has 1 rings (SSSR count). The third-order valence-electron chi connectivity index (χ3n) is 4.44. The Morgan fingerprint density at radius 1 is 0.875 bits per heavy atom. The maximum Gasteiger partial charge on any atom is 0.0890 e. The lowest BCUT2D eigenvalue weighted by Gasteiger charge is -2.49. The summed E-state index contributed by atoms with van der Waals surface area (Å²) in [5.41, 5.74) is 0. The molecule has 0 spiro atoms. The third kappa shape index (κ3) is 3.48. The minimum Gasteiger partial charge on any atom is -0.324 e. The SMILES string of the molecule is CC(C)C[C@H]1CCC[C@H](CC(C)C)[N+]1(C)C. The maximum atomic E-state index is 2.47. The van der Waals surface area contributed by atoms with E-state index in [-0.39, 0.29) is 0 Å². The molecule has 1 aliphatic rings. The van der Waals surface area contributed by atoms with Gasteiger partial charge in [0.25, 0.3) is 0 Å². The van der Waals surface area contributed by atoms with E-state index in [2.05, 4.69) is 41.8 Å². The highest BCUT2D eigenvalue weighted by Gasteiger charge is 2.39. The molecule has 1 aliphatic heterocycles. The molecule has 0 aliphatic carbocycles. The van der Waals surface area contributed by atoms with Crippen LogP contribution in [0.1, 0.15) is 59.8 Å². The summed E-state index contributed by atoms with van der Waals surface area (Å²) in [4.78, 5) is 0. The van der Waals surface area contributed by atoms with Gasteiger partial charge in [0.2, 0.25) is 0 Å². The van der Waals surface area contributed by atoms with Crippen LogP contribution in [0.2, 0.25) is 0 Å². The van der Waals surface area contributed by atoms with Gasteiger partial charge in [-0.25, -0.2) is 0 Å². The number of nitrogens with zero attached hydrogens (tertiary/aromatic N) is 1. The van der Waals surface area contributed by atoms with E-state index in [1.165, 1.54) is 36.6 Å². The van der Waals surface area contributed by atoms with Crippen molar-refractivity contribution in [2.45, 2.75) is 71.9 Å². The highest BCUT2D eigenvalue weighted by atomic mass is 15.4. The van der Waals surface area contributed by atoms with Crippen LogP contribution in [0.15, 0.2) is 0 Å². The number of hydrogen-bond donors (Lipinski definition) is 0. The molecule has 1 heterocycles. The molecule has 96 valence electrons. The quantitative estimate of drug-likeness (QED) is 0.634. The first-order valence-corrected chi connectivity index (χ1v) is 7.17. The van der Waals surface area contributed by atoms with Crippen LogP contribution in [0, 0.1) is 11.8 Å². The lowest BCUT2D eigenvalue weighted by molar-refractivity contribution is -0.945. The monoisotopic (exact) mass is 226 g/mol. The third-order valence-corrected chi connectivity index (χ3v) is 4.44. The molecule has 0 bridgehead atoms. The van der Waals surface area contributed by atoms with E-state index >= 15 is 0 Å². The Kier molecular flexibility index (Phi) is 4.85. The van der Waals surface area contributed by atoms with Gasteiger partial charge in [-0.05, 0) is 31.1 Å². The molecule has 2 atom stereocenters. The second-order valence-electron chi connectivity index (χ2n) is 7.13. The molecule has 0 radical (unpaired) electrons. The van der Waals surface area contributed by atoms with E-state index in [1.54, 1.807) is 0 Å². The van der Waals surface area contributed by atoms with Gasteiger partial charge in [0, 0.05) is 12.8 Å². The molecule has 0 aromatic carbocycles. The lowest BCUT2D eigenvalue weighted by atomic mass is 9.85. The van der Waals surface area contributed by atoms with Crippen LogP contribution in [-0.2, 0) is 0 Å². The summed E-state index contributed by atoms with van der Waals surface area (Å²) >= 11 is 0. The van der Waals surface area contributed by atoms with Gasteiger partial charge in [0.05, 0.1) is 26.2 Å². The normalized spacial score (nSPS) is 30.0. The zero-order chi connectivity index (χ0) is 12.3. The Hall–Kier alpha value is -0.0400. The van der Waals surface area contributed by atoms with Crippen LogP contribution < -0.4 is 0 Å². The first kappa shape index (κ1) is 14.0. The van der Waals surface area contributed by atoms with Gasteiger partial charge in [0.1, 0.15) is 0 Å². The van der Waals surface area contributed by atoms with Crippen molar-refractivity contribution in [1.82, 2.24) is 0 Å². The summed E-state index contributed by atoms with van der Waals surface area (Å²) in [5, 5.41) is 0.